The van der Waals surface area contributed by atoms with Crippen LogP contribution in [0.1, 0.15) is 12.6 Å². The Labute approximate surface area is 102 Å². The Morgan fingerprint density at radius 3 is 3.25 bits per heavy atom. The monoisotopic (exact) mass is 237 g/mol. The number of thioether (sulfide) groups is 1. The lowest BCUT2D eigenvalue weighted by molar-refractivity contribution is 0.768. The van der Waals surface area contributed by atoms with Crippen molar-refractivity contribution in [2.24, 2.45) is 0 Å². The van der Waals surface area contributed by atoms with Gasteiger partial charge in [0.05, 0.1) is 5.69 Å². The van der Waals surface area contributed by atoms with Crippen LogP contribution in [0.25, 0.3) is 0 Å². The van der Waals surface area contributed by atoms with E-state index in [1.165, 1.54) is 11.4 Å². The second kappa shape index (κ2) is 5.55. The van der Waals surface area contributed by atoms with Gasteiger partial charge in [-0.1, -0.05) is 6.92 Å². The summed E-state index contributed by atoms with van der Waals surface area (Å²) in [5.74, 6) is 1.23. The van der Waals surface area contributed by atoms with E-state index in [0.717, 1.165) is 30.6 Å². The summed E-state index contributed by atoms with van der Waals surface area (Å²) >= 11 is 2.06. The van der Waals surface area contributed by atoms with Crippen LogP contribution in [0.5, 0.6) is 0 Å². The standard InChI is InChI=1S/C12H19N3S/c1-10-9-15(5-6-16-10)12-3-4-14-11(7-12)8-13-2/h3-4,7,10,13H,5-6,8-9H2,1-2H3. The highest BCUT2D eigenvalue weighted by Gasteiger charge is 2.17. The van der Waals surface area contributed by atoms with Crippen LogP contribution in [-0.4, -0.2) is 36.1 Å². The van der Waals surface area contributed by atoms with Crippen LogP contribution in [0.15, 0.2) is 18.3 Å². The van der Waals surface area contributed by atoms with Gasteiger partial charge in [-0.05, 0) is 19.2 Å². The number of anilines is 1. The van der Waals surface area contributed by atoms with E-state index in [4.69, 9.17) is 0 Å². The molecule has 0 spiro atoms. The topological polar surface area (TPSA) is 28.2 Å². The number of hydrogen-bond acceptors (Lipinski definition) is 4. The van der Waals surface area contributed by atoms with Crippen LogP contribution < -0.4 is 10.2 Å². The van der Waals surface area contributed by atoms with Crippen LogP contribution in [0.3, 0.4) is 0 Å². The summed E-state index contributed by atoms with van der Waals surface area (Å²) in [7, 11) is 1.95. The molecule has 0 saturated carbocycles. The first-order valence-electron chi connectivity index (χ1n) is 5.75. The van der Waals surface area contributed by atoms with E-state index in [-0.39, 0.29) is 0 Å². The maximum Gasteiger partial charge on any atom is 0.0562 e. The van der Waals surface area contributed by atoms with Crippen molar-refractivity contribution < 1.29 is 0 Å². The summed E-state index contributed by atoms with van der Waals surface area (Å²) in [5.41, 5.74) is 2.43. The molecule has 0 radical (unpaired) electrons. The Balaban J connectivity index is 2.09. The normalized spacial score (nSPS) is 21.1. The third-order valence-electron chi connectivity index (χ3n) is 2.76. The summed E-state index contributed by atoms with van der Waals surface area (Å²) in [4.78, 5) is 6.81. The molecule has 1 aromatic rings. The SMILES string of the molecule is CNCc1cc(N2CCSC(C)C2)ccn1. The predicted molar refractivity (Wildman–Crippen MR) is 71.1 cm³/mol. The van der Waals surface area contributed by atoms with Crippen molar-refractivity contribution in [1.29, 1.82) is 0 Å². The Bertz CT molecular complexity index is 343. The van der Waals surface area contributed by atoms with Gasteiger partial charge >= 0.3 is 0 Å². The minimum Gasteiger partial charge on any atom is -0.370 e. The van der Waals surface area contributed by atoms with Crippen LogP contribution in [-0.2, 0) is 6.54 Å². The highest BCUT2D eigenvalue weighted by Crippen LogP contribution is 2.23. The fourth-order valence-electron chi connectivity index (χ4n) is 1.99. The molecule has 1 N–H and O–H groups in total. The molecule has 4 heteroatoms. The number of aromatic nitrogens is 1. The molecule has 1 saturated heterocycles. The van der Waals surface area contributed by atoms with E-state index in [9.17, 15) is 0 Å². The van der Waals surface area contributed by atoms with Crippen LogP contribution in [0.2, 0.25) is 0 Å². The van der Waals surface area contributed by atoms with Gasteiger partial charge in [0.1, 0.15) is 0 Å². The number of nitrogens with one attached hydrogen (secondary N) is 1. The maximum atomic E-state index is 4.35. The minimum atomic E-state index is 0.731. The second-order valence-corrected chi connectivity index (χ2v) is 5.71. The first-order valence-corrected chi connectivity index (χ1v) is 6.80. The lowest BCUT2D eigenvalue weighted by Gasteiger charge is -2.32. The first-order chi connectivity index (χ1) is 7.79. The van der Waals surface area contributed by atoms with E-state index < -0.39 is 0 Å². The molecule has 2 heterocycles. The Hall–Kier alpha value is -0.740. The molecule has 1 aliphatic rings. The van der Waals surface area contributed by atoms with Crippen LogP contribution >= 0.6 is 11.8 Å². The van der Waals surface area contributed by atoms with Crippen molar-refractivity contribution in [1.82, 2.24) is 10.3 Å². The van der Waals surface area contributed by atoms with E-state index >= 15 is 0 Å². The minimum absolute atomic E-state index is 0.731. The highest BCUT2D eigenvalue weighted by molar-refractivity contribution is 8.00. The quantitative estimate of drug-likeness (QED) is 0.867. The lowest BCUT2D eigenvalue weighted by atomic mass is 10.2. The summed E-state index contributed by atoms with van der Waals surface area (Å²) in [6, 6.07) is 4.31. The van der Waals surface area contributed by atoms with Gasteiger partial charge in [-0.2, -0.15) is 11.8 Å². The molecular formula is C12H19N3S. The smallest absolute Gasteiger partial charge is 0.0562 e. The molecule has 2 rings (SSSR count). The van der Waals surface area contributed by atoms with Gasteiger partial charge in [0.25, 0.3) is 0 Å². The molecular weight excluding hydrogens is 218 g/mol. The molecule has 88 valence electrons. The van der Waals surface area contributed by atoms with Crippen molar-refractivity contribution >= 4 is 17.4 Å². The maximum absolute atomic E-state index is 4.35. The molecule has 3 nitrogen and oxygen atoms in total. The number of hydrogen-bond donors (Lipinski definition) is 1. The van der Waals surface area contributed by atoms with E-state index in [1.807, 2.05) is 13.2 Å². The number of nitrogens with zero attached hydrogens (tertiary/aromatic N) is 2. The molecule has 1 aliphatic heterocycles. The number of rotatable bonds is 3. The van der Waals surface area contributed by atoms with Crippen molar-refractivity contribution in [3.05, 3.63) is 24.0 Å². The average Bonchev–Trinajstić information content (AvgIpc) is 2.30. The zero-order valence-corrected chi connectivity index (χ0v) is 10.8. The van der Waals surface area contributed by atoms with Gasteiger partial charge in [0.2, 0.25) is 0 Å². The molecule has 1 fully saturated rings. The summed E-state index contributed by atoms with van der Waals surface area (Å²) in [5, 5.41) is 3.87. The molecule has 1 unspecified atom stereocenters. The van der Waals surface area contributed by atoms with E-state index in [2.05, 4.69) is 46.0 Å². The molecule has 16 heavy (non-hydrogen) atoms. The molecule has 1 atom stereocenters. The third-order valence-corrected chi connectivity index (χ3v) is 3.90. The fourth-order valence-corrected chi connectivity index (χ4v) is 3.01. The molecule has 0 bridgehead atoms. The Morgan fingerprint density at radius 1 is 1.62 bits per heavy atom. The van der Waals surface area contributed by atoms with Gasteiger partial charge in [-0.3, -0.25) is 4.98 Å². The molecule has 0 amide bonds. The fraction of sp³-hybridized carbons (Fsp3) is 0.583. The Morgan fingerprint density at radius 2 is 2.50 bits per heavy atom. The van der Waals surface area contributed by atoms with Crippen molar-refractivity contribution in [2.45, 2.75) is 18.7 Å². The van der Waals surface area contributed by atoms with Gasteiger partial charge in [-0.15, -0.1) is 0 Å². The largest absolute Gasteiger partial charge is 0.370 e. The van der Waals surface area contributed by atoms with Crippen LogP contribution in [0.4, 0.5) is 5.69 Å². The van der Waals surface area contributed by atoms with Gasteiger partial charge in [0.15, 0.2) is 0 Å². The Kier molecular flexibility index (Phi) is 4.07. The van der Waals surface area contributed by atoms with Gasteiger partial charge < -0.3 is 10.2 Å². The van der Waals surface area contributed by atoms with Crippen molar-refractivity contribution in [3.63, 3.8) is 0 Å². The summed E-state index contributed by atoms with van der Waals surface area (Å²) in [6.07, 6.45) is 1.91. The molecule has 0 aromatic carbocycles. The average molecular weight is 237 g/mol. The van der Waals surface area contributed by atoms with Crippen molar-refractivity contribution in [2.75, 3.05) is 30.8 Å². The van der Waals surface area contributed by atoms with E-state index in [0.29, 0.717) is 0 Å². The molecule has 1 aromatic heterocycles. The zero-order chi connectivity index (χ0) is 11.4. The first kappa shape index (κ1) is 11.7. The second-order valence-electron chi connectivity index (χ2n) is 4.16. The highest BCUT2D eigenvalue weighted by atomic mass is 32.2. The van der Waals surface area contributed by atoms with Crippen LogP contribution in [0, 0.1) is 0 Å². The lowest BCUT2D eigenvalue weighted by Crippen LogP contribution is -2.36. The third kappa shape index (κ3) is 2.89. The van der Waals surface area contributed by atoms with Gasteiger partial charge in [0, 0.05) is 42.5 Å². The van der Waals surface area contributed by atoms with E-state index in [1.54, 1.807) is 0 Å². The predicted octanol–water partition coefficient (Wildman–Crippen LogP) is 1.74. The molecule has 0 aliphatic carbocycles. The summed E-state index contributed by atoms with van der Waals surface area (Å²) < 4.78 is 0. The number of pyridine rings is 1. The zero-order valence-electron chi connectivity index (χ0n) is 9.94. The van der Waals surface area contributed by atoms with Crippen molar-refractivity contribution in [3.8, 4) is 0 Å². The summed E-state index contributed by atoms with van der Waals surface area (Å²) in [6.45, 7) is 5.43. The van der Waals surface area contributed by atoms with Gasteiger partial charge in [-0.25, -0.2) is 0 Å².